The predicted octanol–water partition coefficient (Wildman–Crippen LogP) is 11.8. The molecule has 0 saturated carbocycles. The van der Waals surface area contributed by atoms with Crippen LogP contribution in [0.5, 0.6) is 0 Å². The number of benzene rings is 7. The van der Waals surface area contributed by atoms with Crippen molar-refractivity contribution in [2.24, 2.45) is 0 Å². The van der Waals surface area contributed by atoms with Gasteiger partial charge in [0.25, 0.3) is 0 Å². The summed E-state index contributed by atoms with van der Waals surface area (Å²) in [5.74, 6) is 0. The number of para-hydroxylation sites is 4. The molecular formula is C42H28N2O. The summed E-state index contributed by atoms with van der Waals surface area (Å²) < 4.78 is 8.61. The minimum atomic E-state index is 0.917. The van der Waals surface area contributed by atoms with Crippen molar-refractivity contribution < 1.29 is 4.42 Å². The SMILES string of the molecule is c1ccc2c(c1)oc1c(-c3ccc(Nc4ccc(-c5ccc(-n6c7ccccc7c7ccccc76)cc5)cc4)cc3)cccc12. The van der Waals surface area contributed by atoms with Gasteiger partial charge in [-0.05, 0) is 71.3 Å². The summed E-state index contributed by atoms with van der Waals surface area (Å²) in [6.45, 7) is 0. The van der Waals surface area contributed by atoms with E-state index in [2.05, 4.69) is 162 Å². The Morgan fingerprint density at radius 1 is 0.400 bits per heavy atom. The maximum atomic E-state index is 6.25. The zero-order chi connectivity index (χ0) is 29.7. The first kappa shape index (κ1) is 25.4. The second-order valence-corrected chi connectivity index (χ2v) is 11.5. The molecule has 2 heterocycles. The fourth-order valence-electron chi connectivity index (χ4n) is 6.62. The number of rotatable bonds is 5. The topological polar surface area (TPSA) is 30.1 Å². The lowest BCUT2D eigenvalue weighted by atomic mass is 10.0. The molecule has 0 fully saturated rings. The molecule has 0 radical (unpaired) electrons. The number of nitrogens with zero attached hydrogens (tertiary/aromatic N) is 1. The van der Waals surface area contributed by atoms with Crippen molar-refractivity contribution in [1.82, 2.24) is 4.57 Å². The molecule has 0 amide bonds. The molecule has 0 atom stereocenters. The van der Waals surface area contributed by atoms with Gasteiger partial charge >= 0.3 is 0 Å². The summed E-state index contributed by atoms with van der Waals surface area (Å²) in [5.41, 5.74) is 12.1. The third-order valence-electron chi connectivity index (χ3n) is 8.81. The quantitative estimate of drug-likeness (QED) is 0.221. The van der Waals surface area contributed by atoms with Crippen LogP contribution in [0.4, 0.5) is 11.4 Å². The molecule has 1 N–H and O–H groups in total. The van der Waals surface area contributed by atoms with Crippen molar-refractivity contribution in [3.8, 4) is 27.9 Å². The van der Waals surface area contributed by atoms with Gasteiger partial charge in [0.15, 0.2) is 0 Å². The normalized spacial score (nSPS) is 11.6. The smallest absolute Gasteiger partial charge is 0.143 e. The van der Waals surface area contributed by atoms with Gasteiger partial charge in [-0.25, -0.2) is 0 Å². The average Bonchev–Trinajstić information content (AvgIpc) is 3.65. The fourth-order valence-corrected chi connectivity index (χ4v) is 6.62. The number of hydrogen-bond acceptors (Lipinski definition) is 2. The highest BCUT2D eigenvalue weighted by Crippen LogP contribution is 2.36. The molecule has 0 bridgehead atoms. The van der Waals surface area contributed by atoms with Crippen LogP contribution in [0.25, 0.3) is 71.7 Å². The Labute approximate surface area is 260 Å². The molecule has 3 nitrogen and oxygen atoms in total. The molecule has 0 aliphatic rings. The predicted molar refractivity (Wildman–Crippen MR) is 189 cm³/mol. The Hall–Kier alpha value is -6.06. The number of nitrogens with one attached hydrogen (secondary N) is 1. The minimum absolute atomic E-state index is 0.917. The van der Waals surface area contributed by atoms with Crippen LogP contribution in [0.15, 0.2) is 168 Å². The summed E-state index contributed by atoms with van der Waals surface area (Å²) in [6, 6.07) is 57.8. The lowest BCUT2D eigenvalue weighted by Gasteiger charge is -2.11. The number of hydrogen-bond donors (Lipinski definition) is 1. The highest BCUT2D eigenvalue weighted by atomic mass is 16.3. The average molecular weight is 577 g/mol. The first-order valence-corrected chi connectivity index (χ1v) is 15.3. The van der Waals surface area contributed by atoms with E-state index in [9.17, 15) is 0 Å². The van der Waals surface area contributed by atoms with Gasteiger partial charge in [0.1, 0.15) is 11.2 Å². The third kappa shape index (κ3) is 4.29. The highest BCUT2D eigenvalue weighted by Gasteiger charge is 2.13. The molecule has 0 aliphatic heterocycles. The molecule has 45 heavy (non-hydrogen) atoms. The number of fused-ring (bicyclic) bond motifs is 6. The Bertz CT molecular complexity index is 2430. The van der Waals surface area contributed by atoms with Gasteiger partial charge in [0, 0.05) is 44.2 Å². The highest BCUT2D eigenvalue weighted by molar-refractivity contribution is 6.10. The summed E-state index contributed by atoms with van der Waals surface area (Å²) in [6.07, 6.45) is 0. The van der Waals surface area contributed by atoms with E-state index in [4.69, 9.17) is 4.42 Å². The number of anilines is 2. The monoisotopic (exact) mass is 576 g/mol. The third-order valence-corrected chi connectivity index (χ3v) is 8.81. The van der Waals surface area contributed by atoms with E-state index in [1.54, 1.807) is 0 Å². The summed E-state index contributed by atoms with van der Waals surface area (Å²) in [5, 5.41) is 8.40. The maximum Gasteiger partial charge on any atom is 0.143 e. The van der Waals surface area contributed by atoms with Gasteiger partial charge in [-0.3, -0.25) is 0 Å². The summed E-state index contributed by atoms with van der Waals surface area (Å²) in [7, 11) is 0. The van der Waals surface area contributed by atoms with Gasteiger partial charge in [0.05, 0.1) is 11.0 Å². The Morgan fingerprint density at radius 2 is 0.911 bits per heavy atom. The van der Waals surface area contributed by atoms with Gasteiger partial charge in [-0.15, -0.1) is 0 Å². The summed E-state index contributed by atoms with van der Waals surface area (Å²) >= 11 is 0. The molecule has 2 aromatic heterocycles. The molecule has 0 unspecified atom stereocenters. The first-order chi connectivity index (χ1) is 22.3. The van der Waals surface area contributed by atoms with E-state index >= 15 is 0 Å². The Kier molecular flexibility index (Phi) is 5.82. The Balaban J connectivity index is 0.952. The van der Waals surface area contributed by atoms with E-state index in [1.807, 2.05) is 12.1 Å². The Morgan fingerprint density at radius 3 is 1.56 bits per heavy atom. The van der Waals surface area contributed by atoms with Crippen molar-refractivity contribution >= 4 is 55.1 Å². The van der Waals surface area contributed by atoms with Gasteiger partial charge < -0.3 is 14.3 Å². The second-order valence-electron chi connectivity index (χ2n) is 11.5. The largest absolute Gasteiger partial charge is 0.455 e. The van der Waals surface area contributed by atoms with Crippen LogP contribution < -0.4 is 5.32 Å². The van der Waals surface area contributed by atoms with Crippen molar-refractivity contribution in [3.05, 3.63) is 164 Å². The first-order valence-electron chi connectivity index (χ1n) is 15.3. The van der Waals surface area contributed by atoms with Crippen LogP contribution in [0.2, 0.25) is 0 Å². The number of aromatic nitrogens is 1. The van der Waals surface area contributed by atoms with Crippen molar-refractivity contribution in [1.29, 1.82) is 0 Å². The zero-order valence-electron chi connectivity index (χ0n) is 24.4. The van der Waals surface area contributed by atoms with Crippen molar-refractivity contribution in [3.63, 3.8) is 0 Å². The molecule has 212 valence electrons. The fraction of sp³-hybridized carbons (Fsp3) is 0. The summed E-state index contributed by atoms with van der Waals surface area (Å²) in [4.78, 5) is 0. The van der Waals surface area contributed by atoms with Gasteiger partial charge in [-0.2, -0.15) is 0 Å². The van der Waals surface area contributed by atoms with Gasteiger partial charge in [-0.1, -0.05) is 109 Å². The van der Waals surface area contributed by atoms with Crippen LogP contribution in [-0.4, -0.2) is 4.57 Å². The van der Waals surface area contributed by atoms with Crippen LogP contribution in [0.1, 0.15) is 0 Å². The molecule has 0 spiro atoms. The van der Waals surface area contributed by atoms with Crippen LogP contribution >= 0.6 is 0 Å². The number of furan rings is 1. The van der Waals surface area contributed by atoms with Crippen molar-refractivity contribution in [2.45, 2.75) is 0 Å². The van der Waals surface area contributed by atoms with E-state index in [-0.39, 0.29) is 0 Å². The molecule has 0 saturated heterocycles. The van der Waals surface area contributed by atoms with Crippen LogP contribution in [-0.2, 0) is 0 Å². The lowest BCUT2D eigenvalue weighted by molar-refractivity contribution is 0.670. The van der Waals surface area contributed by atoms with Crippen molar-refractivity contribution in [2.75, 3.05) is 5.32 Å². The lowest BCUT2D eigenvalue weighted by Crippen LogP contribution is -1.93. The van der Waals surface area contributed by atoms with E-state index in [0.717, 1.165) is 50.1 Å². The van der Waals surface area contributed by atoms with Gasteiger partial charge in [0.2, 0.25) is 0 Å². The molecule has 7 aromatic carbocycles. The molecule has 0 aliphatic carbocycles. The zero-order valence-corrected chi connectivity index (χ0v) is 24.4. The van der Waals surface area contributed by atoms with Crippen LogP contribution in [0.3, 0.4) is 0 Å². The molecule has 9 aromatic rings. The molecular weight excluding hydrogens is 548 g/mol. The molecule has 3 heteroatoms. The van der Waals surface area contributed by atoms with E-state index < -0.39 is 0 Å². The maximum absolute atomic E-state index is 6.25. The minimum Gasteiger partial charge on any atom is -0.455 e. The van der Waals surface area contributed by atoms with Crippen LogP contribution in [0, 0.1) is 0 Å². The second kappa shape index (κ2) is 10.3. The standard InChI is InChI=1S/C42H28N2O/c1-4-13-39-35(8-1)36-9-2-5-14-40(36)44(39)33-26-20-29(21-27-33)28-16-22-31(23-17-28)43-32-24-18-30(19-25-32)34-11-7-12-38-37-10-3-6-15-41(37)45-42(34)38/h1-27,43H. The van der Waals surface area contributed by atoms with E-state index in [0.29, 0.717) is 0 Å². The molecule has 9 rings (SSSR count). The van der Waals surface area contributed by atoms with E-state index in [1.165, 1.54) is 32.9 Å².